The molecule has 6 heteroatoms. The van der Waals surface area contributed by atoms with Crippen LogP contribution in [0.2, 0.25) is 0 Å². The first-order valence-electron chi connectivity index (χ1n) is 10.4. The van der Waals surface area contributed by atoms with Crippen molar-refractivity contribution >= 4 is 15.9 Å². The van der Waals surface area contributed by atoms with E-state index in [2.05, 4.69) is 24.4 Å². The van der Waals surface area contributed by atoms with Crippen molar-refractivity contribution < 1.29 is 13.2 Å². The Balaban J connectivity index is 1.52. The van der Waals surface area contributed by atoms with Crippen molar-refractivity contribution in [1.82, 2.24) is 9.62 Å². The average molecular weight is 413 g/mol. The van der Waals surface area contributed by atoms with Crippen LogP contribution in [0.5, 0.6) is 0 Å². The van der Waals surface area contributed by atoms with Gasteiger partial charge in [-0.25, -0.2) is 8.42 Å². The van der Waals surface area contributed by atoms with Crippen molar-refractivity contribution in [2.75, 3.05) is 13.1 Å². The number of hydrogen-bond donors (Lipinski definition) is 1. The Kier molecular flexibility index (Phi) is 5.74. The number of nitrogens with one attached hydrogen (secondary N) is 1. The third-order valence-corrected chi connectivity index (χ3v) is 8.05. The lowest BCUT2D eigenvalue weighted by Gasteiger charge is -2.29. The van der Waals surface area contributed by atoms with Gasteiger partial charge < -0.3 is 5.32 Å². The first-order valence-corrected chi connectivity index (χ1v) is 11.9. The highest BCUT2D eigenvalue weighted by atomic mass is 32.2. The monoisotopic (exact) mass is 412 g/mol. The first kappa shape index (κ1) is 20.1. The quantitative estimate of drug-likeness (QED) is 0.828. The minimum atomic E-state index is -3.57. The molecule has 0 unspecified atom stereocenters. The second-order valence-corrected chi connectivity index (χ2v) is 10.2. The molecule has 1 saturated heterocycles. The summed E-state index contributed by atoms with van der Waals surface area (Å²) in [4.78, 5) is 13.1. The molecular weight excluding hydrogens is 384 g/mol. The number of carbonyl (C=O) groups excluding carboxylic acids is 1. The number of piperidine rings is 1. The van der Waals surface area contributed by atoms with Crippen molar-refractivity contribution in [3.8, 4) is 0 Å². The molecule has 1 N–H and O–H groups in total. The molecule has 1 fully saturated rings. The summed E-state index contributed by atoms with van der Waals surface area (Å²) in [5.41, 5.74) is 2.83. The van der Waals surface area contributed by atoms with Crippen LogP contribution >= 0.6 is 0 Å². The fraction of sp³-hybridized carbons (Fsp3) is 0.435. The second kappa shape index (κ2) is 8.28. The Morgan fingerprint density at radius 2 is 1.79 bits per heavy atom. The molecule has 1 heterocycles. The van der Waals surface area contributed by atoms with Crippen molar-refractivity contribution in [1.29, 1.82) is 0 Å². The Morgan fingerprint density at radius 3 is 2.59 bits per heavy atom. The number of nitrogens with zero attached hydrogens (tertiary/aromatic N) is 1. The third kappa shape index (κ3) is 4.23. The van der Waals surface area contributed by atoms with Crippen LogP contribution in [-0.2, 0) is 16.4 Å². The normalized spacial score (nSPS) is 20.8. The van der Waals surface area contributed by atoms with Gasteiger partial charge in [0, 0.05) is 18.7 Å². The van der Waals surface area contributed by atoms with Gasteiger partial charge in [-0.2, -0.15) is 4.31 Å². The molecule has 2 aromatic rings. The summed E-state index contributed by atoms with van der Waals surface area (Å²) in [7, 11) is -3.57. The van der Waals surface area contributed by atoms with Gasteiger partial charge in [-0.05, 0) is 67.3 Å². The van der Waals surface area contributed by atoms with Crippen LogP contribution < -0.4 is 5.32 Å². The van der Waals surface area contributed by atoms with Crippen LogP contribution in [0.15, 0.2) is 53.4 Å². The van der Waals surface area contributed by atoms with Crippen molar-refractivity contribution in [2.45, 2.75) is 50.0 Å². The van der Waals surface area contributed by atoms with Gasteiger partial charge >= 0.3 is 0 Å². The van der Waals surface area contributed by atoms with Gasteiger partial charge in [-0.1, -0.05) is 37.3 Å². The Labute approximate surface area is 173 Å². The van der Waals surface area contributed by atoms with E-state index >= 15 is 0 Å². The maximum absolute atomic E-state index is 13.0. The van der Waals surface area contributed by atoms with Gasteiger partial charge in [0.2, 0.25) is 10.0 Å². The van der Waals surface area contributed by atoms with Gasteiger partial charge in [-0.3, -0.25) is 4.79 Å². The fourth-order valence-corrected chi connectivity index (χ4v) is 5.83. The molecule has 0 saturated carbocycles. The number of hydrogen-bond acceptors (Lipinski definition) is 3. The smallest absolute Gasteiger partial charge is 0.251 e. The van der Waals surface area contributed by atoms with E-state index in [0.717, 1.165) is 32.1 Å². The van der Waals surface area contributed by atoms with Crippen LogP contribution in [0.25, 0.3) is 0 Å². The van der Waals surface area contributed by atoms with E-state index in [1.807, 2.05) is 12.1 Å². The molecule has 1 amide bonds. The maximum Gasteiger partial charge on any atom is 0.251 e. The molecule has 1 atom stereocenters. The number of carbonyl (C=O) groups is 1. The lowest BCUT2D eigenvalue weighted by atomic mass is 9.87. The summed E-state index contributed by atoms with van der Waals surface area (Å²) in [6.45, 7) is 3.23. The zero-order valence-electron chi connectivity index (χ0n) is 16.8. The van der Waals surface area contributed by atoms with Gasteiger partial charge in [-0.15, -0.1) is 0 Å². The predicted octanol–water partition coefficient (Wildman–Crippen LogP) is 3.91. The number of sulfonamides is 1. The predicted molar refractivity (Wildman–Crippen MR) is 113 cm³/mol. The molecule has 1 aliphatic heterocycles. The van der Waals surface area contributed by atoms with Gasteiger partial charge in [0.1, 0.15) is 0 Å². The zero-order chi connectivity index (χ0) is 20.4. The van der Waals surface area contributed by atoms with Gasteiger partial charge in [0.05, 0.1) is 10.9 Å². The standard InChI is InChI=1S/C23H28N2O3S/c1-17-12-14-25(15-13-17)29(27,28)20-9-4-8-19(16-20)23(26)24-22-11-5-7-18-6-2-3-10-21(18)22/h2-4,6,8-10,16-17,22H,5,7,11-15H2,1H3,(H,24,26)/t22-/m0/s1. The fourth-order valence-electron chi connectivity index (χ4n) is 4.32. The molecule has 4 rings (SSSR count). The summed E-state index contributed by atoms with van der Waals surface area (Å²) in [5.74, 6) is 0.327. The molecule has 1 aliphatic carbocycles. The van der Waals surface area contributed by atoms with Crippen LogP contribution in [0.3, 0.4) is 0 Å². The number of benzene rings is 2. The molecule has 29 heavy (non-hydrogen) atoms. The Morgan fingerprint density at radius 1 is 1.03 bits per heavy atom. The SMILES string of the molecule is CC1CCN(S(=O)(=O)c2cccc(C(=O)N[C@H]3CCCc4ccccc43)c2)CC1. The van der Waals surface area contributed by atoms with E-state index < -0.39 is 10.0 Å². The minimum Gasteiger partial charge on any atom is -0.345 e. The number of fused-ring (bicyclic) bond motifs is 1. The molecule has 0 bridgehead atoms. The summed E-state index contributed by atoms with van der Waals surface area (Å²) in [5, 5.41) is 3.11. The van der Waals surface area contributed by atoms with Crippen molar-refractivity contribution in [3.05, 3.63) is 65.2 Å². The maximum atomic E-state index is 13.0. The summed E-state index contributed by atoms with van der Waals surface area (Å²) >= 11 is 0. The third-order valence-electron chi connectivity index (χ3n) is 6.15. The van der Waals surface area contributed by atoms with Crippen LogP contribution in [0, 0.1) is 5.92 Å². The van der Waals surface area contributed by atoms with E-state index in [0.29, 0.717) is 24.6 Å². The van der Waals surface area contributed by atoms with Crippen LogP contribution in [-0.4, -0.2) is 31.7 Å². The molecule has 2 aliphatic rings. The lowest BCUT2D eigenvalue weighted by Crippen LogP contribution is -2.38. The highest BCUT2D eigenvalue weighted by molar-refractivity contribution is 7.89. The summed E-state index contributed by atoms with van der Waals surface area (Å²) < 4.78 is 27.6. The van der Waals surface area contributed by atoms with Crippen molar-refractivity contribution in [3.63, 3.8) is 0 Å². The summed E-state index contributed by atoms with van der Waals surface area (Å²) in [6, 6.07) is 14.6. The Bertz CT molecular complexity index is 995. The molecule has 5 nitrogen and oxygen atoms in total. The summed E-state index contributed by atoms with van der Waals surface area (Å²) in [6.07, 6.45) is 4.71. The van der Waals surface area contributed by atoms with E-state index in [4.69, 9.17) is 0 Å². The number of rotatable bonds is 4. The molecule has 2 aromatic carbocycles. The largest absolute Gasteiger partial charge is 0.345 e. The van der Waals surface area contributed by atoms with E-state index in [9.17, 15) is 13.2 Å². The molecular formula is C23H28N2O3S. The lowest BCUT2D eigenvalue weighted by molar-refractivity contribution is 0.0932. The molecule has 0 spiro atoms. The Hall–Kier alpha value is -2.18. The highest BCUT2D eigenvalue weighted by Crippen LogP contribution is 2.30. The van der Waals surface area contributed by atoms with E-state index in [1.165, 1.54) is 17.2 Å². The highest BCUT2D eigenvalue weighted by Gasteiger charge is 2.29. The minimum absolute atomic E-state index is 0.0312. The topological polar surface area (TPSA) is 66.5 Å². The molecule has 0 aromatic heterocycles. The second-order valence-electron chi connectivity index (χ2n) is 8.23. The molecule has 154 valence electrons. The van der Waals surface area contributed by atoms with Crippen molar-refractivity contribution in [2.24, 2.45) is 5.92 Å². The van der Waals surface area contributed by atoms with Crippen LogP contribution in [0.4, 0.5) is 0 Å². The van der Waals surface area contributed by atoms with E-state index in [1.54, 1.807) is 22.5 Å². The van der Waals surface area contributed by atoms with Crippen LogP contribution in [0.1, 0.15) is 60.1 Å². The van der Waals surface area contributed by atoms with E-state index in [-0.39, 0.29) is 16.8 Å². The average Bonchev–Trinajstić information content (AvgIpc) is 2.74. The number of aryl methyl sites for hydroxylation is 1. The number of amides is 1. The van der Waals surface area contributed by atoms with Gasteiger partial charge in [0.15, 0.2) is 0 Å². The zero-order valence-corrected chi connectivity index (χ0v) is 17.6. The van der Waals surface area contributed by atoms with Gasteiger partial charge in [0.25, 0.3) is 5.91 Å². The molecule has 0 radical (unpaired) electrons. The first-order chi connectivity index (χ1) is 13.9.